The lowest BCUT2D eigenvalue weighted by Gasteiger charge is -2.33. The van der Waals surface area contributed by atoms with Crippen LogP contribution in [0.1, 0.15) is 51.4 Å². The van der Waals surface area contributed by atoms with Gasteiger partial charge in [0.1, 0.15) is 9.84 Å². The van der Waals surface area contributed by atoms with Crippen LogP contribution in [-0.2, 0) is 19.4 Å². The minimum Gasteiger partial charge on any atom is -0.481 e. The molecule has 3 aliphatic rings. The van der Waals surface area contributed by atoms with Crippen molar-refractivity contribution in [2.75, 3.05) is 18.1 Å². The van der Waals surface area contributed by atoms with Crippen molar-refractivity contribution >= 4 is 21.7 Å². The lowest BCUT2D eigenvalue weighted by molar-refractivity contribution is -0.151. The Balaban J connectivity index is 1.55. The average molecular weight is 343 g/mol. The summed E-state index contributed by atoms with van der Waals surface area (Å²) in [6, 6.07) is 0. The van der Waals surface area contributed by atoms with Gasteiger partial charge >= 0.3 is 5.97 Å². The van der Waals surface area contributed by atoms with Crippen LogP contribution in [0.25, 0.3) is 0 Å². The summed E-state index contributed by atoms with van der Waals surface area (Å²) in [6.07, 6.45) is 5.97. The Hall–Kier alpha value is -1.11. The van der Waals surface area contributed by atoms with Gasteiger partial charge in [-0.25, -0.2) is 8.42 Å². The van der Waals surface area contributed by atoms with Gasteiger partial charge in [-0.1, -0.05) is 19.3 Å². The molecule has 3 fully saturated rings. The lowest BCUT2D eigenvalue weighted by atomic mass is 9.74. The molecule has 3 rings (SSSR count). The van der Waals surface area contributed by atoms with Crippen LogP contribution in [-0.4, -0.2) is 43.5 Å². The molecule has 1 amide bonds. The van der Waals surface area contributed by atoms with Crippen LogP contribution in [0.4, 0.5) is 0 Å². The van der Waals surface area contributed by atoms with Gasteiger partial charge in [-0.2, -0.15) is 0 Å². The molecule has 0 aromatic rings. The van der Waals surface area contributed by atoms with Crippen molar-refractivity contribution in [1.29, 1.82) is 0 Å². The topological polar surface area (TPSA) is 101 Å². The van der Waals surface area contributed by atoms with Crippen LogP contribution in [0, 0.1) is 16.7 Å². The van der Waals surface area contributed by atoms with E-state index in [1.165, 1.54) is 0 Å². The summed E-state index contributed by atoms with van der Waals surface area (Å²) < 4.78 is 23.1. The second-order valence-electron chi connectivity index (χ2n) is 7.63. The molecule has 6 nitrogen and oxygen atoms in total. The minimum atomic E-state index is -2.92. The summed E-state index contributed by atoms with van der Waals surface area (Å²) in [4.78, 5) is 24.0. The number of hydrogen-bond acceptors (Lipinski definition) is 4. The van der Waals surface area contributed by atoms with E-state index in [1.54, 1.807) is 0 Å². The highest BCUT2D eigenvalue weighted by molar-refractivity contribution is 7.91. The SMILES string of the molecule is O=C(NCC1(C(=O)O)CCCCC1)C1CC12CCS(=O)(=O)CC2. The summed E-state index contributed by atoms with van der Waals surface area (Å²) >= 11 is 0. The summed E-state index contributed by atoms with van der Waals surface area (Å²) in [5.74, 6) is -0.680. The predicted octanol–water partition coefficient (Wildman–Crippen LogP) is 1.35. The fourth-order valence-electron chi connectivity index (χ4n) is 4.29. The molecule has 1 spiro atoms. The quantitative estimate of drug-likeness (QED) is 0.802. The van der Waals surface area contributed by atoms with Crippen LogP contribution < -0.4 is 5.32 Å². The fourth-order valence-corrected chi connectivity index (χ4v) is 5.93. The maximum Gasteiger partial charge on any atom is 0.311 e. The van der Waals surface area contributed by atoms with E-state index in [9.17, 15) is 23.1 Å². The predicted molar refractivity (Wildman–Crippen MR) is 84.6 cm³/mol. The van der Waals surface area contributed by atoms with E-state index < -0.39 is 21.2 Å². The third kappa shape index (κ3) is 3.25. The zero-order chi connectivity index (χ0) is 16.7. The third-order valence-electron chi connectivity index (χ3n) is 6.19. The van der Waals surface area contributed by atoms with Gasteiger partial charge in [0, 0.05) is 12.5 Å². The second-order valence-corrected chi connectivity index (χ2v) is 9.94. The molecule has 0 aromatic carbocycles. The Morgan fingerprint density at radius 2 is 1.65 bits per heavy atom. The van der Waals surface area contributed by atoms with Crippen molar-refractivity contribution in [3.63, 3.8) is 0 Å². The Morgan fingerprint density at radius 3 is 2.22 bits per heavy atom. The zero-order valence-corrected chi connectivity index (χ0v) is 14.2. The maximum atomic E-state index is 12.4. The third-order valence-corrected chi connectivity index (χ3v) is 7.85. The molecule has 1 atom stereocenters. The van der Waals surface area contributed by atoms with Gasteiger partial charge in [0.25, 0.3) is 0 Å². The minimum absolute atomic E-state index is 0.0875. The first-order valence-corrected chi connectivity index (χ1v) is 10.3. The molecular formula is C16H25NO5S. The number of aliphatic carboxylic acids is 1. The molecule has 1 unspecified atom stereocenters. The first kappa shape index (κ1) is 16.7. The molecule has 1 saturated heterocycles. The van der Waals surface area contributed by atoms with Gasteiger partial charge in [0.2, 0.25) is 5.91 Å². The van der Waals surface area contributed by atoms with E-state index in [2.05, 4.69) is 5.32 Å². The average Bonchev–Trinajstić information content (AvgIpc) is 3.24. The molecule has 1 heterocycles. The molecule has 23 heavy (non-hydrogen) atoms. The summed E-state index contributed by atoms with van der Waals surface area (Å²) in [6.45, 7) is 0.200. The first-order chi connectivity index (χ1) is 10.8. The highest BCUT2D eigenvalue weighted by atomic mass is 32.2. The van der Waals surface area contributed by atoms with Gasteiger partial charge in [-0.05, 0) is 37.5 Å². The highest BCUT2D eigenvalue weighted by Gasteiger charge is 2.59. The number of carbonyl (C=O) groups is 2. The molecule has 0 radical (unpaired) electrons. The van der Waals surface area contributed by atoms with Crippen LogP contribution in [0.2, 0.25) is 0 Å². The molecule has 1 aliphatic heterocycles. The summed E-state index contributed by atoms with van der Waals surface area (Å²) in [7, 11) is -2.92. The number of sulfone groups is 1. The van der Waals surface area contributed by atoms with Gasteiger partial charge in [-0.3, -0.25) is 9.59 Å². The number of carbonyl (C=O) groups excluding carboxylic acids is 1. The van der Waals surface area contributed by atoms with Crippen LogP contribution in [0.5, 0.6) is 0 Å². The Kier molecular flexibility index (Phi) is 4.19. The van der Waals surface area contributed by atoms with Crippen molar-refractivity contribution in [3.05, 3.63) is 0 Å². The van der Waals surface area contributed by atoms with Crippen molar-refractivity contribution < 1.29 is 23.1 Å². The van der Waals surface area contributed by atoms with Crippen molar-refractivity contribution in [2.24, 2.45) is 16.7 Å². The van der Waals surface area contributed by atoms with E-state index >= 15 is 0 Å². The Bertz CT molecular complexity index is 592. The number of nitrogens with one attached hydrogen (secondary N) is 1. The molecule has 2 saturated carbocycles. The zero-order valence-electron chi connectivity index (χ0n) is 13.3. The highest BCUT2D eigenvalue weighted by Crippen LogP contribution is 2.59. The monoisotopic (exact) mass is 343 g/mol. The van der Waals surface area contributed by atoms with Crippen LogP contribution in [0.3, 0.4) is 0 Å². The van der Waals surface area contributed by atoms with E-state index in [1.807, 2.05) is 0 Å². The van der Waals surface area contributed by atoms with E-state index in [-0.39, 0.29) is 35.3 Å². The van der Waals surface area contributed by atoms with Gasteiger partial charge in [0.05, 0.1) is 16.9 Å². The molecule has 130 valence electrons. The summed E-state index contributed by atoms with van der Waals surface area (Å²) in [5.41, 5.74) is -0.954. The molecular weight excluding hydrogens is 318 g/mol. The van der Waals surface area contributed by atoms with E-state index in [4.69, 9.17) is 0 Å². The Morgan fingerprint density at radius 1 is 1.04 bits per heavy atom. The van der Waals surface area contributed by atoms with Gasteiger partial charge in [-0.15, -0.1) is 0 Å². The van der Waals surface area contributed by atoms with Gasteiger partial charge in [0.15, 0.2) is 0 Å². The second kappa shape index (κ2) is 5.76. The lowest BCUT2D eigenvalue weighted by Crippen LogP contribution is -2.45. The normalized spacial score (nSPS) is 30.5. The molecule has 0 bridgehead atoms. The van der Waals surface area contributed by atoms with Crippen molar-refractivity contribution in [3.8, 4) is 0 Å². The number of hydrogen-bond donors (Lipinski definition) is 2. The molecule has 7 heteroatoms. The summed E-state index contributed by atoms with van der Waals surface area (Å²) in [5, 5.41) is 12.4. The number of carboxylic acid groups (broad SMARTS) is 1. The van der Waals surface area contributed by atoms with Crippen molar-refractivity contribution in [2.45, 2.75) is 51.4 Å². The molecule has 0 aromatic heterocycles. The van der Waals surface area contributed by atoms with Gasteiger partial charge < -0.3 is 10.4 Å². The number of rotatable bonds is 4. The number of carboxylic acids is 1. The van der Waals surface area contributed by atoms with Crippen molar-refractivity contribution in [1.82, 2.24) is 5.32 Å². The van der Waals surface area contributed by atoms with E-state index in [0.717, 1.165) is 25.7 Å². The van der Waals surface area contributed by atoms with Crippen LogP contribution in [0.15, 0.2) is 0 Å². The molecule has 2 aliphatic carbocycles. The standard InChI is InChI=1S/C16H25NO5S/c18-13(12-10-15(12)6-8-23(21,22)9-7-15)17-11-16(14(19)20)4-2-1-3-5-16/h12H,1-11H2,(H,17,18)(H,19,20). The Labute approximate surface area is 136 Å². The van der Waals surface area contributed by atoms with E-state index in [0.29, 0.717) is 25.7 Å². The largest absolute Gasteiger partial charge is 0.481 e. The van der Waals surface area contributed by atoms with Crippen LogP contribution >= 0.6 is 0 Å². The number of amides is 1. The smallest absolute Gasteiger partial charge is 0.311 e. The fraction of sp³-hybridized carbons (Fsp3) is 0.875. The maximum absolute atomic E-state index is 12.4. The molecule has 2 N–H and O–H groups in total. The first-order valence-electron chi connectivity index (χ1n) is 8.50.